The highest BCUT2D eigenvalue weighted by molar-refractivity contribution is 7.89. The minimum Gasteiger partial charge on any atom is -0.492 e. The van der Waals surface area contributed by atoms with Crippen LogP contribution in [0.2, 0.25) is 5.02 Å². The number of sulfonamides is 1. The van der Waals surface area contributed by atoms with E-state index in [-0.39, 0.29) is 16.0 Å². The number of carbonyl (C=O) groups excluding carboxylic acids is 1. The zero-order valence-electron chi connectivity index (χ0n) is 15.4. The number of ether oxygens (including phenoxy) is 1. The second kappa shape index (κ2) is 9.21. The van der Waals surface area contributed by atoms with Gasteiger partial charge in [0.25, 0.3) is 0 Å². The third kappa shape index (κ3) is 5.69. The molecule has 2 atom stereocenters. The van der Waals surface area contributed by atoms with E-state index in [0.717, 1.165) is 5.56 Å². The van der Waals surface area contributed by atoms with Crippen LogP contribution in [-0.2, 0) is 14.8 Å². The molecule has 0 fully saturated rings. The Morgan fingerprint density at radius 3 is 2.41 bits per heavy atom. The Kier molecular flexibility index (Phi) is 7.24. The Hall–Kier alpha value is -2.09. The normalized spacial score (nSPS) is 13.6. The summed E-state index contributed by atoms with van der Waals surface area (Å²) in [5.74, 6) is -0.0208. The molecule has 2 aromatic carbocycles. The maximum absolute atomic E-state index is 12.5. The Labute approximate surface area is 164 Å². The van der Waals surface area contributed by atoms with Crippen molar-refractivity contribution in [3.05, 3.63) is 59.1 Å². The molecule has 0 aromatic heterocycles. The summed E-state index contributed by atoms with van der Waals surface area (Å²) in [4.78, 5) is 12.3. The molecule has 0 spiro atoms. The molecule has 27 heavy (non-hydrogen) atoms. The molecular weight excluding hydrogens is 388 g/mol. The number of benzene rings is 2. The number of amides is 1. The van der Waals surface area contributed by atoms with Crippen LogP contribution in [0.5, 0.6) is 5.75 Å². The smallest absolute Gasteiger partial charge is 0.241 e. The summed E-state index contributed by atoms with van der Waals surface area (Å²) in [7, 11) is -3.91. The number of carbonyl (C=O) groups is 1. The molecule has 0 saturated heterocycles. The van der Waals surface area contributed by atoms with Gasteiger partial charge in [-0.25, -0.2) is 8.42 Å². The molecule has 0 bridgehead atoms. The Morgan fingerprint density at radius 2 is 1.81 bits per heavy atom. The van der Waals surface area contributed by atoms with Crippen LogP contribution in [0.25, 0.3) is 0 Å². The van der Waals surface area contributed by atoms with E-state index >= 15 is 0 Å². The van der Waals surface area contributed by atoms with Gasteiger partial charge in [0.05, 0.1) is 28.6 Å². The first-order chi connectivity index (χ1) is 12.7. The minimum absolute atomic E-state index is 0.0355. The van der Waals surface area contributed by atoms with Gasteiger partial charge in [-0.3, -0.25) is 4.79 Å². The maximum Gasteiger partial charge on any atom is 0.241 e. The van der Waals surface area contributed by atoms with Crippen LogP contribution < -0.4 is 14.8 Å². The number of halogens is 1. The number of hydrogen-bond acceptors (Lipinski definition) is 4. The van der Waals surface area contributed by atoms with E-state index in [0.29, 0.717) is 12.4 Å². The van der Waals surface area contributed by atoms with Gasteiger partial charge in [-0.2, -0.15) is 4.72 Å². The lowest BCUT2D eigenvalue weighted by atomic mass is 10.1. The Morgan fingerprint density at radius 1 is 1.15 bits per heavy atom. The monoisotopic (exact) mass is 410 g/mol. The summed E-state index contributed by atoms with van der Waals surface area (Å²) < 4.78 is 32.7. The zero-order valence-corrected chi connectivity index (χ0v) is 17.0. The van der Waals surface area contributed by atoms with Crippen molar-refractivity contribution >= 4 is 27.5 Å². The molecule has 6 nitrogen and oxygen atoms in total. The van der Waals surface area contributed by atoms with Gasteiger partial charge in [-0.05, 0) is 44.5 Å². The number of hydrogen-bond donors (Lipinski definition) is 2. The topological polar surface area (TPSA) is 84.5 Å². The number of rotatable bonds is 8. The van der Waals surface area contributed by atoms with Crippen LogP contribution in [0.15, 0.2) is 53.4 Å². The minimum atomic E-state index is -3.91. The molecule has 0 unspecified atom stereocenters. The van der Waals surface area contributed by atoms with Crippen molar-refractivity contribution in [1.82, 2.24) is 10.0 Å². The third-order valence-electron chi connectivity index (χ3n) is 3.90. The van der Waals surface area contributed by atoms with E-state index in [2.05, 4.69) is 10.0 Å². The molecule has 1 amide bonds. The van der Waals surface area contributed by atoms with E-state index in [1.54, 1.807) is 6.92 Å². The lowest BCUT2D eigenvalue weighted by Gasteiger charge is -2.19. The van der Waals surface area contributed by atoms with Crippen molar-refractivity contribution < 1.29 is 17.9 Å². The molecule has 0 aliphatic heterocycles. The summed E-state index contributed by atoms with van der Waals surface area (Å²) in [6.45, 7) is 5.54. The van der Waals surface area contributed by atoms with E-state index in [9.17, 15) is 13.2 Å². The molecule has 0 saturated carbocycles. The summed E-state index contributed by atoms with van der Waals surface area (Å²) in [5, 5.41) is 2.98. The molecule has 0 radical (unpaired) electrons. The second-order valence-electron chi connectivity index (χ2n) is 6.01. The molecule has 2 N–H and O–H groups in total. The second-order valence-corrected chi connectivity index (χ2v) is 8.13. The Balaban J connectivity index is 2.05. The largest absolute Gasteiger partial charge is 0.492 e. The van der Waals surface area contributed by atoms with Gasteiger partial charge >= 0.3 is 0 Å². The average molecular weight is 411 g/mol. The van der Waals surface area contributed by atoms with Crippen LogP contribution in [0.3, 0.4) is 0 Å². The van der Waals surface area contributed by atoms with Crippen molar-refractivity contribution in [3.8, 4) is 5.75 Å². The van der Waals surface area contributed by atoms with E-state index in [1.165, 1.54) is 25.1 Å². The van der Waals surface area contributed by atoms with Crippen LogP contribution in [0.4, 0.5) is 0 Å². The molecule has 2 aromatic rings. The van der Waals surface area contributed by atoms with Crippen molar-refractivity contribution in [2.75, 3.05) is 6.61 Å². The van der Waals surface area contributed by atoms with Gasteiger partial charge < -0.3 is 10.1 Å². The fraction of sp³-hybridized carbons (Fsp3) is 0.316. The molecule has 0 aliphatic carbocycles. The predicted octanol–water partition coefficient (Wildman–Crippen LogP) is 3.28. The lowest BCUT2D eigenvalue weighted by molar-refractivity contribution is -0.123. The van der Waals surface area contributed by atoms with Gasteiger partial charge in [0.15, 0.2) is 0 Å². The van der Waals surface area contributed by atoms with Crippen molar-refractivity contribution in [2.45, 2.75) is 37.8 Å². The summed E-state index contributed by atoms with van der Waals surface area (Å²) >= 11 is 6.05. The average Bonchev–Trinajstić information content (AvgIpc) is 2.63. The number of nitrogens with one attached hydrogen (secondary N) is 2. The lowest BCUT2D eigenvalue weighted by Crippen LogP contribution is -2.45. The SMILES string of the molecule is CCOc1ccc(S(=O)(=O)N[C@H](C)C(=O)N[C@@H](C)c2ccccc2)cc1Cl. The highest BCUT2D eigenvalue weighted by Gasteiger charge is 2.24. The van der Waals surface area contributed by atoms with Gasteiger partial charge in [0.1, 0.15) is 5.75 Å². The first-order valence-corrected chi connectivity index (χ1v) is 10.4. The van der Waals surface area contributed by atoms with E-state index in [4.69, 9.17) is 16.3 Å². The zero-order chi connectivity index (χ0) is 20.0. The fourth-order valence-electron chi connectivity index (χ4n) is 2.44. The fourth-order valence-corrected chi connectivity index (χ4v) is 3.97. The first kappa shape index (κ1) is 21.2. The van der Waals surface area contributed by atoms with Crippen molar-refractivity contribution in [3.63, 3.8) is 0 Å². The predicted molar refractivity (Wildman–Crippen MR) is 105 cm³/mol. The summed E-state index contributed by atoms with van der Waals surface area (Å²) in [5.41, 5.74) is 0.930. The summed E-state index contributed by atoms with van der Waals surface area (Å²) in [6, 6.07) is 12.4. The highest BCUT2D eigenvalue weighted by atomic mass is 35.5. The molecular formula is C19H23ClN2O4S. The van der Waals surface area contributed by atoms with E-state index in [1.807, 2.05) is 37.3 Å². The molecule has 146 valence electrons. The van der Waals surface area contributed by atoms with Gasteiger partial charge in [0, 0.05) is 0 Å². The quantitative estimate of drug-likeness (QED) is 0.699. The van der Waals surface area contributed by atoms with E-state index < -0.39 is 22.0 Å². The highest BCUT2D eigenvalue weighted by Crippen LogP contribution is 2.27. The van der Waals surface area contributed by atoms with Crippen molar-refractivity contribution in [1.29, 1.82) is 0 Å². The molecule has 8 heteroatoms. The van der Waals surface area contributed by atoms with Gasteiger partial charge in [-0.15, -0.1) is 0 Å². The van der Waals surface area contributed by atoms with Crippen LogP contribution in [0.1, 0.15) is 32.4 Å². The third-order valence-corrected chi connectivity index (χ3v) is 5.73. The maximum atomic E-state index is 12.5. The first-order valence-electron chi connectivity index (χ1n) is 8.54. The standard InChI is InChI=1S/C19H23ClN2O4S/c1-4-26-18-11-10-16(12-17(18)20)27(24,25)22-14(3)19(23)21-13(2)15-8-6-5-7-9-15/h5-14,22H,4H2,1-3H3,(H,21,23)/t13-,14+/m0/s1. The summed E-state index contributed by atoms with van der Waals surface area (Å²) in [6.07, 6.45) is 0. The van der Waals surface area contributed by atoms with Crippen LogP contribution >= 0.6 is 11.6 Å². The van der Waals surface area contributed by atoms with Crippen LogP contribution in [-0.4, -0.2) is 27.0 Å². The molecule has 0 heterocycles. The molecule has 2 rings (SSSR count). The Bertz CT molecular complexity index is 888. The van der Waals surface area contributed by atoms with Crippen molar-refractivity contribution in [2.24, 2.45) is 0 Å². The molecule has 0 aliphatic rings. The van der Waals surface area contributed by atoms with Gasteiger partial charge in [-0.1, -0.05) is 41.9 Å². The van der Waals surface area contributed by atoms with Gasteiger partial charge in [0.2, 0.25) is 15.9 Å². The van der Waals surface area contributed by atoms with Crippen LogP contribution in [0, 0.1) is 0 Å².